The topological polar surface area (TPSA) is 51.2 Å². The monoisotopic (exact) mass is 382 g/mol. The Morgan fingerprint density at radius 1 is 1.27 bits per heavy atom. The number of amides is 1. The van der Waals surface area contributed by atoms with E-state index in [-0.39, 0.29) is 5.91 Å². The van der Waals surface area contributed by atoms with Gasteiger partial charge in [-0.05, 0) is 37.1 Å². The number of aromatic nitrogens is 1. The molecule has 0 spiro atoms. The summed E-state index contributed by atoms with van der Waals surface area (Å²) in [6.07, 6.45) is 3.62. The van der Waals surface area contributed by atoms with E-state index in [2.05, 4.69) is 26.2 Å². The fraction of sp³-hybridized carbons (Fsp3) is 0.375. The van der Waals surface area contributed by atoms with Crippen LogP contribution < -0.4 is 10.1 Å². The summed E-state index contributed by atoms with van der Waals surface area (Å²) in [7, 11) is 1.64. The first kappa shape index (κ1) is 17.0. The molecule has 1 aromatic heterocycles. The van der Waals surface area contributed by atoms with Gasteiger partial charge >= 0.3 is 0 Å². The number of methoxy groups -OCH3 is 1. The number of carbonyl (C=O) groups is 1. The number of halogens is 1. The summed E-state index contributed by atoms with van der Waals surface area (Å²) in [6.45, 7) is 0. The standard InChI is InChI=1S/C16H19BrN2O2S/c1-21-13-8-6-12(7-9-13)14-11-22-16(18-14)19-15(20)5-3-2-4-10-17/h6-9,11H,2-5,10H2,1H3,(H,18,19,20). The van der Waals surface area contributed by atoms with E-state index in [1.54, 1.807) is 7.11 Å². The molecule has 0 aliphatic heterocycles. The number of nitrogens with zero attached hydrogens (tertiary/aromatic N) is 1. The molecule has 0 unspecified atom stereocenters. The van der Waals surface area contributed by atoms with Crippen LogP contribution in [0.3, 0.4) is 0 Å². The minimum absolute atomic E-state index is 0.0326. The molecule has 0 fully saturated rings. The first-order chi connectivity index (χ1) is 10.7. The van der Waals surface area contributed by atoms with E-state index in [0.717, 1.165) is 41.6 Å². The van der Waals surface area contributed by atoms with Crippen molar-refractivity contribution in [2.24, 2.45) is 0 Å². The maximum absolute atomic E-state index is 11.8. The molecule has 6 heteroatoms. The van der Waals surface area contributed by atoms with Crippen molar-refractivity contribution in [1.29, 1.82) is 0 Å². The number of unbranched alkanes of at least 4 members (excludes halogenated alkanes) is 2. The van der Waals surface area contributed by atoms with Gasteiger partial charge in [0, 0.05) is 22.7 Å². The van der Waals surface area contributed by atoms with Crippen LogP contribution in [-0.2, 0) is 4.79 Å². The highest BCUT2D eigenvalue weighted by molar-refractivity contribution is 9.09. The average molecular weight is 383 g/mol. The fourth-order valence-electron chi connectivity index (χ4n) is 1.96. The van der Waals surface area contributed by atoms with E-state index in [4.69, 9.17) is 4.74 Å². The Hall–Kier alpha value is -1.40. The molecule has 0 atom stereocenters. The molecule has 1 aromatic carbocycles. The van der Waals surface area contributed by atoms with Gasteiger partial charge in [0.05, 0.1) is 12.8 Å². The van der Waals surface area contributed by atoms with Gasteiger partial charge in [-0.1, -0.05) is 22.4 Å². The Labute approximate surface area is 143 Å². The van der Waals surface area contributed by atoms with Crippen LogP contribution in [0.1, 0.15) is 25.7 Å². The Morgan fingerprint density at radius 2 is 2.05 bits per heavy atom. The van der Waals surface area contributed by atoms with Crippen LogP contribution in [0.4, 0.5) is 5.13 Å². The number of hydrogen-bond donors (Lipinski definition) is 1. The van der Waals surface area contributed by atoms with Crippen LogP contribution in [0.2, 0.25) is 0 Å². The molecule has 0 saturated carbocycles. The summed E-state index contributed by atoms with van der Waals surface area (Å²) in [4.78, 5) is 16.3. The Morgan fingerprint density at radius 3 is 2.73 bits per heavy atom. The molecule has 0 aliphatic rings. The van der Waals surface area contributed by atoms with Crippen molar-refractivity contribution in [3.05, 3.63) is 29.6 Å². The Kier molecular flexibility index (Phi) is 6.86. The number of hydrogen-bond acceptors (Lipinski definition) is 4. The van der Waals surface area contributed by atoms with Gasteiger partial charge in [-0.2, -0.15) is 0 Å². The molecule has 0 aliphatic carbocycles. The summed E-state index contributed by atoms with van der Waals surface area (Å²) in [5.41, 5.74) is 1.87. The second kappa shape index (κ2) is 8.90. The van der Waals surface area contributed by atoms with Crippen LogP contribution in [0.5, 0.6) is 5.75 Å². The highest BCUT2D eigenvalue weighted by atomic mass is 79.9. The van der Waals surface area contributed by atoms with Crippen molar-refractivity contribution in [3.63, 3.8) is 0 Å². The van der Waals surface area contributed by atoms with E-state index in [9.17, 15) is 4.79 Å². The zero-order valence-electron chi connectivity index (χ0n) is 12.5. The molecular formula is C16H19BrN2O2S. The van der Waals surface area contributed by atoms with Crippen molar-refractivity contribution >= 4 is 38.3 Å². The second-order valence-corrected chi connectivity index (χ2v) is 6.47. The normalized spacial score (nSPS) is 10.5. The van der Waals surface area contributed by atoms with Gasteiger partial charge in [0.25, 0.3) is 0 Å². The molecule has 118 valence electrons. The van der Waals surface area contributed by atoms with Crippen molar-refractivity contribution < 1.29 is 9.53 Å². The van der Waals surface area contributed by atoms with Crippen molar-refractivity contribution in [2.75, 3.05) is 17.8 Å². The molecule has 1 N–H and O–H groups in total. The Balaban J connectivity index is 1.89. The van der Waals surface area contributed by atoms with Crippen molar-refractivity contribution in [1.82, 2.24) is 4.98 Å². The second-order valence-electron chi connectivity index (χ2n) is 4.81. The minimum Gasteiger partial charge on any atom is -0.497 e. The van der Waals surface area contributed by atoms with E-state index >= 15 is 0 Å². The third-order valence-corrected chi connectivity index (χ3v) is 4.49. The lowest BCUT2D eigenvalue weighted by Crippen LogP contribution is -2.10. The number of benzene rings is 1. The van der Waals surface area contributed by atoms with Gasteiger partial charge in [-0.25, -0.2) is 4.98 Å². The fourth-order valence-corrected chi connectivity index (χ4v) is 3.10. The van der Waals surface area contributed by atoms with Crippen LogP contribution in [0, 0.1) is 0 Å². The van der Waals surface area contributed by atoms with Gasteiger partial charge in [-0.3, -0.25) is 4.79 Å². The Bertz CT molecular complexity index is 598. The largest absolute Gasteiger partial charge is 0.497 e. The van der Waals surface area contributed by atoms with Gasteiger partial charge < -0.3 is 10.1 Å². The van der Waals surface area contributed by atoms with Crippen molar-refractivity contribution in [2.45, 2.75) is 25.7 Å². The van der Waals surface area contributed by atoms with E-state index < -0.39 is 0 Å². The molecule has 4 nitrogen and oxygen atoms in total. The highest BCUT2D eigenvalue weighted by Gasteiger charge is 2.08. The molecule has 2 aromatic rings. The van der Waals surface area contributed by atoms with E-state index in [1.165, 1.54) is 11.3 Å². The maximum atomic E-state index is 11.8. The number of ether oxygens (including phenoxy) is 1. The first-order valence-corrected chi connectivity index (χ1v) is 9.19. The number of alkyl halides is 1. The third-order valence-electron chi connectivity index (χ3n) is 3.17. The van der Waals surface area contributed by atoms with E-state index in [1.807, 2.05) is 29.6 Å². The SMILES string of the molecule is COc1ccc(-c2csc(NC(=O)CCCCCBr)n2)cc1. The summed E-state index contributed by atoms with van der Waals surface area (Å²) in [5, 5.41) is 6.45. The molecule has 0 saturated heterocycles. The van der Waals surface area contributed by atoms with E-state index in [0.29, 0.717) is 11.6 Å². The smallest absolute Gasteiger partial charge is 0.226 e. The lowest BCUT2D eigenvalue weighted by molar-refractivity contribution is -0.116. The lowest BCUT2D eigenvalue weighted by Gasteiger charge is -2.02. The lowest BCUT2D eigenvalue weighted by atomic mass is 10.2. The zero-order valence-corrected chi connectivity index (χ0v) is 14.9. The summed E-state index contributed by atoms with van der Waals surface area (Å²) in [6, 6.07) is 7.72. The highest BCUT2D eigenvalue weighted by Crippen LogP contribution is 2.26. The van der Waals surface area contributed by atoms with Crippen LogP contribution in [-0.4, -0.2) is 23.3 Å². The zero-order chi connectivity index (χ0) is 15.8. The van der Waals surface area contributed by atoms with Crippen LogP contribution in [0.25, 0.3) is 11.3 Å². The number of rotatable bonds is 8. The molecular weight excluding hydrogens is 364 g/mol. The number of nitrogens with one attached hydrogen (secondary N) is 1. The maximum Gasteiger partial charge on any atom is 0.226 e. The predicted molar refractivity (Wildman–Crippen MR) is 95.0 cm³/mol. The number of carbonyl (C=O) groups excluding carboxylic acids is 1. The molecule has 1 amide bonds. The molecule has 2 rings (SSSR count). The quantitative estimate of drug-likeness (QED) is 0.531. The van der Waals surface area contributed by atoms with Crippen molar-refractivity contribution in [3.8, 4) is 17.0 Å². The van der Waals surface area contributed by atoms with Crippen LogP contribution in [0.15, 0.2) is 29.6 Å². The molecule has 0 bridgehead atoms. The summed E-state index contributed by atoms with van der Waals surface area (Å²) in [5.74, 6) is 0.848. The summed E-state index contributed by atoms with van der Waals surface area (Å²) < 4.78 is 5.14. The summed E-state index contributed by atoms with van der Waals surface area (Å²) >= 11 is 4.83. The predicted octanol–water partition coefficient (Wildman–Crippen LogP) is 4.71. The minimum atomic E-state index is 0.0326. The van der Waals surface area contributed by atoms with Gasteiger partial charge in [0.15, 0.2) is 5.13 Å². The first-order valence-electron chi connectivity index (χ1n) is 7.18. The third kappa shape index (κ3) is 5.10. The number of anilines is 1. The number of thiazole rings is 1. The van der Waals surface area contributed by atoms with Gasteiger partial charge in [-0.15, -0.1) is 11.3 Å². The molecule has 22 heavy (non-hydrogen) atoms. The molecule has 1 heterocycles. The van der Waals surface area contributed by atoms with Gasteiger partial charge in [0.2, 0.25) is 5.91 Å². The average Bonchev–Trinajstić information content (AvgIpc) is 3.00. The van der Waals surface area contributed by atoms with Gasteiger partial charge in [0.1, 0.15) is 5.75 Å². The molecule has 0 radical (unpaired) electrons. The van der Waals surface area contributed by atoms with Crippen LogP contribution >= 0.6 is 27.3 Å².